The first-order chi connectivity index (χ1) is 23.1. The van der Waals surface area contributed by atoms with E-state index in [1.807, 2.05) is 12.1 Å². The van der Waals surface area contributed by atoms with Crippen molar-refractivity contribution in [1.82, 2.24) is 0 Å². The first-order valence-corrected chi connectivity index (χ1v) is 16.3. The minimum Gasteiger partial charge on any atom is -0.456 e. The van der Waals surface area contributed by atoms with E-state index >= 15 is 0 Å². The second-order valence-corrected chi connectivity index (χ2v) is 12.9. The van der Waals surface area contributed by atoms with Gasteiger partial charge in [0.2, 0.25) is 0 Å². The van der Waals surface area contributed by atoms with Crippen LogP contribution in [0.1, 0.15) is 25.0 Å². The zero-order valence-electron chi connectivity index (χ0n) is 26.4. The molecule has 0 aliphatic heterocycles. The average Bonchev–Trinajstić information content (AvgIpc) is 3.62. The molecule has 0 spiro atoms. The molecule has 0 N–H and O–H groups in total. The van der Waals surface area contributed by atoms with Crippen molar-refractivity contribution in [3.8, 4) is 33.4 Å². The van der Waals surface area contributed by atoms with E-state index in [2.05, 4.69) is 170 Å². The lowest BCUT2D eigenvalue weighted by Gasteiger charge is -2.28. The topological polar surface area (TPSA) is 16.4 Å². The van der Waals surface area contributed by atoms with Crippen LogP contribution in [0.15, 0.2) is 168 Å². The summed E-state index contributed by atoms with van der Waals surface area (Å²) in [6.45, 7) is 4.67. The van der Waals surface area contributed by atoms with Crippen molar-refractivity contribution >= 4 is 39.0 Å². The molecule has 1 aliphatic carbocycles. The molecule has 0 unspecified atom stereocenters. The lowest BCUT2D eigenvalue weighted by atomic mass is 9.82. The zero-order chi connectivity index (χ0) is 31.5. The summed E-state index contributed by atoms with van der Waals surface area (Å²) in [4.78, 5) is 2.37. The summed E-state index contributed by atoms with van der Waals surface area (Å²) >= 11 is 0. The van der Waals surface area contributed by atoms with Gasteiger partial charge in [-0.3, -0.25) is 0 Å². The fourth-order valence-electron chi connectivity index (χ4n) is 7.61. The Kier molecular flexibility index (Phi) is 6.20. The highest BCUT2D eigenvalue weighted by Crippen LogP contribution is 2.50. The fourth-order valence-corrected chi connectivity index (χ4v) is 7.61. The standard InChI is InChI=1S/C45H33NO/c1-45(2)39-19-9-6-16-36(39)38-29-31(25-28-40(38)45)34-15-7-10-20-41(34)46(32-13-4-3-5-14-32)33-26-23-30(24-27-33)35-18-12-22-43-44(35)37-17-8-11-21-42(37)47-43/h3-29H,1-2H3. The molecule has 0 bridgehead atoms. The summed E-state index contributed by atoms with van der Waals surface area (Å²) in [5, 5.41) is 2.30. The van der Waals surface area contributed by atoms with Gasteiger partial charge in [0.25, 0.3) is 0 Å². The Hall–Kier alpha value is -5.86. The van der Waals surface area contributed by atoms with Crippen molar-refractivity contribution in [3.63, 3.8) is 0 Å². The monoisotopic (exact) mass is 603 g/mol. The van der Waals surface area contributed by atoms with Gasteiger partial charge in [0.05, 0.1) is 5.69 Å². The Bertz CT molecular complexity index is 2430. The molecule has 0 saturated heterocycles. The number of fused-ring (bicyclic) bond motifs is 6. The Balaban J connectivity index is 1.18. The van der Waals surface area contributed by atoms with Crippen molar-refractivity contribution in [2.24, 2.45) is 0 Å². The van der Waals surface area contributed by atoms with Gasteiger partial charge in [-0.05, 0) is 87.5 Å². The maximum absolute atomic E-state index is 6.20. The second kappa shape index (κ2) is 10.6. The lowest BCUT2D eigenvalue weighted by Crippen LogP contribution is -2.14. The summed E-state index contributed by atoms with van der Waals surface area (Å²) in [6, 6.07) is 58.9. The van der Waals surface area contributed by atoms with E-state index in [0.717, 1.165) is 44.6 Å². The van der Waals surface area contributed by atoms with E-state index in [0.29, 0.717) is 0 Å². The van der Waals surface area contributed by atoms with Gasteiger partial charge in [-0.15, -0.1) is 0 Å². The molecule has 0 saturated carbocycles. The number of anilines is 3. The van der Waals surface area contributed by atoms with Crippen molar-refractivity contribution < 1.29 is 4.42 Å². The average molecular weight is 604 g/mol. The number of rotatable bonds is 5. The van der Waals surface area contributed by atoms with Crippen molar-refractivity contribution in [3.05, 3.63) is 175 Å². The molecule has 0 atom stereocenters. The van der Waals surface area contributed by atoms with Gasteiger partial charge in [-0.2, -0.15) is 0 Å². The van der Waals surface area contributed by atoms with E-state index in [9.17, 15) is 0 Å². The van der Waals surface area contributed by atoms with Crippen LogP contribution in [0.25, 0.3) is 55.3 Å². The number of nitrogens with zero attached hydrogens (tertiary/aromatic N) is 1. The highest BCUT2D eigenvalue weighted by molar-refractivity contribution is 6.12. The third kappa shape index (κ3) is 4.33. The molecular weight excluding hydrogens is 571 g/mol. The van der Waals surface area contributed by atoms with Crippen LogP contribution in [0, 0.1) is 0 Å². The van der Waals surface area contributed by atoms with Crippen LogP contribution in [0.2, 0.25) is 0 Å². The summed E-state index contributed by atoms with van der Waals surface area (Å²) in [5.74, 6) is 0. The Morgan fingerprint density at radius 3 is 1.91 bits per heavy atom. The number of furan rings is 1. The smallest absolute Gasteiger partial charge is 0.136 e. The quantitative estimate of drug-likeness (QED) is 0.195. The maximum Gasteiger partial charge on any atom is 0.136 e. The fraction of sp³-hybridized carbons (Fsp3) is 0.0667. The zero-order valence-corrected chi connectivity index (χ0v) is 26.4. The molecular formula is C45H33NO. The van der Waals surface area contributed by atoms with Gasteiger partial charge < -0.3 is 9.32 Å². The molecule has 7 aromatic carbocycles. The summed E-state index contributed by atoms with van der Waals surface area (Å²) in [5.41, 5.74) is 15.3. The van der Waals surface area contributed by atoms with E-state index in [1.54, 1.807) is 0 Å². The highest BCUT2D eigenvalue weighted by atomic mass is 16.3. The van der Waals surface area contributed by atoms with Gasteiger partial charge in [0.15, 0.2) is 0 Å². The van der Waals surface area contributed by atoms with Gasteiger partial charge in [-0.1, -0.05) is 129 Å². The number of benzene rings is 7. The van der Waals surface area contributed by atoms with Crippen LogP contribution in [0.5, 0.6) is 0 Å². The SMILES string of the molecule is CC1(C)c2ccccc2-c2cc(-c3ccccc3N(c3ccccc3)c3ccc(-c4cccc5oc6ccccc6c45)cc3)ccc21. The molecule has 0 fully saturated rings. The minimum atomic E-state index is -0.0190. The predicted molar refractivity (Wildman–Crippen MR) is 197 cm³/mol. The third-order valence-corrected chi connectivity index (χ3v) is 9.89. The molecule has 0 amide bonds. The van der Waals surface area contributed by atoms with Crippen molar-refractivity contribution in [2.45, 2.75) is 19.3 Å². The number of hydrogen-bond acceptors (Lipinski definition) is 2. The molecule has 9 rings (SSSR count). The minimum absolute atomic E-state index is 0.0190. The van der Waals surface area contributed by atoms with Gasteiger partial charge in [-0.25, -0.2) is 0 Å². The Labute approximate surface area is 275 Å². The Morgan fingerprint density at radius 1 is 0.447 bits per heavy atom. The van der Waals surface area contributed by atoms with Crippen molar-refractivity contribution in [2.75, 3.05) is 4.90 Å². The molecule has 0 radical (unpaired) electrons. The molecule has 224 valence electrons. The van der Waals surface area contributed by atoms with Crippen LogP contribution in [-0.4, -0.2) is 0 Å². The molecule has 1 aliphatic rings. The predicted octanol–water partition coefficient (Wildman–Crippen LogP) is 12.7. The molecule has 47 heavy (non-hydrogen) atoms. The van der Waals surface area contributed by atoms with Gasteiger partial charge >= 0.3 is 0 Å². The third-order valence-electron chi connectivity index (χ3n) is 9.89. The van der Waals surface area contributed by atoms with Crippen molar-refractivity contribution in [1.29, 1.82) is 0 Å². The molecule has 8 aromatic rings. The van der Waals surface area contributed by atoms with E-state index in [-0.39, 0.29) is 5.41 Å². The van der Waals surface area contributed by atoms with Crippen LogP contribution >= 0.6 is 0 Å². The van der Waals surface area contributed by atoms with E-state index in [1.165, 1.54) is 38.9 Å². The molecule has 2 heteroatoms. The maximum atomic E-state index is 6.20. The largest absolute Gasteiger partial charge is 0.456 e. The Morgan fingerprint density at radius 2 is 1.06 bits per heavy atom. The van der Waals surface area contributed by atoms with E-state index < -0.39 is 0 Å². The highest BCUT2D eigenvalue weighted by Gasteiger charge is 2.35. The normalized spacial score (nSPS) is 13.1. The van der Waals surface area contributed by atoms with Crippen LogP contribution in [-0.2, 0) is 5.41 Å². The molecule has 1 heterocycles. The first kappa shape index (κ1) is 27.5. The van der Waals surface area contributed by atoms with Gasteiger partial charge in [0, 0.05) is 33.1 Å². The van der Waals surface area contributed by atoms with Crippen LogP contribution in [0.3, 0.4) is 0 Å². The van der Waals surface area contributed by atoms with Gasteiger partial charge in [0.1, 0.15) is 11.2 Å². The van der Waals surface area contributed by atoms with Crippen LogP contribution in [0.4, 0.5) is 17.1 Å². The number of hydrogen-bond donors (Lipinski definition) is 0. The summed E-state index contributed by atoms with van der Waals surface area (Å²) in [7, 11) is 0. The second-order valence-electron chi connectivity index (χ2n) is 12.9. The number of para-hydroxylation sites is 3. The van der Waals surface area contributed by atoms with E-state index in [4.69, 9.17) is 4.42 Å². The van der Waals surface area contributed by atoms with Crippen LogP contribution < -0.4 is 4.90 Å². The summed E-state index contributed by atoms with van der Waals surface area (Å²) in [6.07, 6.45) is 0. The molecule has 1 aromatic heterocycles. The first-order valence-electron chi connectivity index (χ1n) is 16.3. The summed E-state index contributed by atoms with van der Waals surface area (Å²) < 4.78 is 6.20. The lowest BCUT2D eigenvalue weighted by molar-refractivity contribution is 0.660. The molecule has 2 nitrogen and oxygen atoms in total.